The third-order valence-corrected chi connectivity index (χ3v) is 5.94. The van der Waals surface area contributed by atoms with Gasteiger partial charge < -0.3 is 19.9 Å². The number of aromatic nitrogens is 5. The molecule has 14 heteroatoms. The molecule has 39 heavy (non-hydrogen) atoms. The summed E-state index contributed by atoms with van der Waals surface area (Å²) in [6, 6.07) is 16.2. The lowest BCUT2D eigenvalue weighted by molar-refractivity contribution is -0.274. The van der Waals surface area contributed by atoms with Crippen LogP contribution in [0.1, 0.15) is 20.8 Å². The van der Waals surface area contributed by atoms with Crippen molar-refractivity contribution in [2.24, 2.45) is 7.05 Å². The van der Waals surface area contributed by atoms with E-state index >= 15 is 0 Å². The van der Waals surface area contributed by atoms with Gasteiger partial charge in [-0.1, -0.05) is 17.7 Å². The van der Waals surface area contributed by atoms with Crippen LogP contribution in [0.4, 0.5) is 24.5 Å². The zero-order valence-corrected chi connectivity index (χ0v) is 20.6. The van der Waals surface area contributed by atoms with Crippen molar-refractivity contribution >= 4 is 45.7 Å². The normalized spacial score (nSPS) is 11.4. The number of aryl methyl sites for hydroxylation is 1. The molecule has 0 unspecified atom stereocenters. The van der Waals surface area contributed by atoms with Crippen LogP contribution in [0, 0.1) is 0 Å². The number of anilines is 2. The number of H-pyrrole nitrogens is 1. The van der Waals surface area contributed by atoms with Crippen LogP contribution in [0.25, 0.3) is 22.3 Å². The predicted octanol–water partition coefficient (Wildman–Crippen LogP) is 5.42. The lowest BCUT2D eigenvalue weighted by atomic mass is 10.1. The first kappa shape index (κ1) is 25.7. The molecule has 198 valence electrons. The summed E-state index contributed by atoms with van der Waals surface area (Å²) in [6.07, 6.45) is -4.82. The molecule has 10 nitrogen and oxygen atoms in total. The fourth-order valence-electron chi connectivity index (χ4n) is 3.91. The first-order valence-electron chi connectivity index (χ1n) is 11.2. The minimum Gasteiger partial charge on any atom is -0.406 e. The summed E-state index contributed by atoms with van der Waals surface area (Å²) in [5.74, 6) is -1.12. The van der Waals surface area contributed by atoms with Crippen molar-refractivity contribution in [2.45, 2.75) is 6.36 Å². The van der Waals surface area contributed by atoms with Crippen LogP contribution in [0.15, 0.2) is 66.7 Å². The number of amides is 2. The van der Waals surface area contributed by atoms with Crippen molar-refractivity contribution in [2.75, 3.05) is 10.6 Å². The van der Waals surface area contributed by atoms with E-state index in [2.05, 4.69) is 36.0 Å². The summed E-state index contributed by atoms with van der Waals surface area (Å²) in [7, 11) is 1.70. The van der Waals surface area contributed by atoms with Crippen LogP contribution >= 0.6 is 11.6 Å². The van der Waals surface area contributed by atoms with Crippen LogP contribution in [0.2, 0.25) is 5.02 Å². The minimum absolute atomic E-state index is 0.136. The van der Waals surface area contributed by atoms with Gasteiger partial charge in [-0.05, 0) is 65.9 Å². The number of benzene rings is 3. The van der Waals surface area contributed by atoms with Crippen LogP contribution in [-0.2, 0) is 7.05 Å². The first-order chi connectivity index (χ1) is 18.6. The number of carbonyl (C=O) groups excluding carboxylic acids is 2. The minimum atomic E-state index is -4.82. The fourth-order valence-corrected chi connectivity index (χ4v) is 4.08. The second-order valence-corrected chi connectivity index (χ2v) is 8.70. The average Bonchev–Trinajstić information content (AvgIpc) is 3.53. The van der Waals surface area contributed by atoms with Gasteiger partial charge in [0.2, 0.25) is 5.82 Å². The summed E-state index contributed by atoms with van der Waals surface area (Å²) < 4.78 is 42.6. The Hall–Kier alpha value is -4.91. The van der Waals surface area contributed by atoms with Gasteiger partial charge >= 0.3 is 6.36 Å². The summed E-state index contributed by atoms with van der Waals surface area (Å²) in [5.41, 5.74) is 2.46. The molecular weight excluding hydrogens is 539 g/mol. The zero-order chi connectivity index (χ0) is 27.7. The molecule has 0 radical (unpaired) electrons. The molecule has 0 atom stereocenters. The lowest BCUT2D eigenvalue weighted by Crippen LogP contribution is -2.17. The number of nitrogens with zero attached hydrogens (tertiary/aromatic N) is 4. The molecule has 0 aliphatic heterocycles. The molecule has 2 amide bonds. The molecule has 2 heterocycles. The number of fused-ring (bicyclic) bond motifs is 1. The molecule has 2 aromatic heterocycles. The molecule has 0 saturated carbocycles. The third kappa shape index (κ3) is 5.67. The number of hydrogen-bond acceptors (Lipinski definition) is 6. The number of hydrogen-bond donors (Lipinski definition) is 3. The van der Waals surface area contributed by atoms with Crippen molar-refractivity contribution in [3.8, 4) is 17.1 Å². The number of aromatic amines is 1. The van der Waals surface area contributed by atoms with Crippen LogP contribution in [0.5, 0.6) is 5.75 Å². The number of tetrazole rings is 1. The van der Waals surface area contributed by atoms with Crippen molar-refractivity contribution in [3.63, 3.8) is 0 Å². The summed E-state index contributed by atoms with van der Waals surface area (Å²) in [4.78, 5) is 25.8. The molecule has 0 saturated heterocycles. The second kappa shape index (κ2) is 10.1. The molecule has 0 fully saturated rings. The Balaban J connectivity index is 1.35. The van der Waals surface area contributed by atoms with E-state index < -0.39 is 23.9 Å². The maximum atomic E-state index is 13.2. The van der Waals surface area contributed by atoms with Crippen molar-refractivity contribution in [1.29, 1.82) is 0 Å². The molecular formula is C25H17ClF3N7O3. The van der Waals surface area contributed by atoms with E-state index in [1.807, 2.05) is 0 Å². The summed E-state index contributed by atoms with van der Waals surface area (Å²) in [5, 5.41) is 20.5. The van der Waals surface area contributed by atoms with E-state index in [1.165, 1.54) is 12.1 Å². The first-order valence-corrected chi connectivity index (χ1v) is 11.6. The van der Waals surface area contributed by atoms with Crippen LogP contribution in [0.3, 0.4) is 0 Å². The van der Waals surface area contributed by atoms with E-state index in [0.717, 1.165) is 17.5 Å². The van der Waals surface area contributed by atoms with Crippen LogP contribution in [-0.4, -0.2) is 43.4 Å². The Morgan fingerprint density at radius 3 is 2.44 bits per heavy atom. The van der Waals surface area contributed by atoms with Gasteiger partial charge in [-0.25, -0.2) is 0 Å². The monoisotopic (exact) mass is 555 g/mol. The Labute approximate surface area is 222 Å². The van der Waals surface area contributed by atoms with Gasteiger partial charge in [0.1, 0.15) is 11.4 Å². The quantitative estimate of drug-likeness (QED) is 0.257. The van der Waals surface area contributed by atoms with Crippen molar-refractivity contribution in [1.82, 2.24) is 25.2 Å². The fraction of sp³-hybridized carbons (Fsp3) is 0.0800. The number of nitrogens with one attached hydrogen (secondary N) is 3. The number of alkyl halides is 3. The molecule has 0 spiro atoms. The highest BCUT2D eigenvalue weighted by atomic mass is 35.5. The average molecular weight is 556 g/mol. The summed E-state index contributed by atoms with van der Waals surface area (Å²) in [6.45, 7) is 0. The highest BCUT2D eigenvalue weighted by molar-refractivity contribution is 6.31. The zero-order valence-electron chi connectivity index (χ0n) is 19.9. The Morgan fingerprint density at radius 2 is 1.74 bits per heavy atom. The number of halogens is 4. The highest BCUT2D eigenvalue weighted by Gasteiger charge is 2.31. The van der Waals surface area contributed by atoms with Gasteiger partial charge in [0, 0.05) is 34.3 Å². The standard InChI is InChI=1S/C25H17ClF3N7O3/c1-36-20-12-16(30-23(37)13-3-7-17(8-4-13)39-25(27,28)29)6-2-14(20)10-21(36)24(38)31-19-9-5-15(26)11-18(19)22-32-34-35-33-22/h2-12H,1H3,(H,30,37)(H,31,38)(H,32,33,34,35). The molecule has 5 rings (SSSR count). The van der Waals surface area contributed by atoms with Gasteiger partial charge in [-0.3, -0.25) is 9.59 Å². The largest absolute Gasteiger partial charge is 0.573 e. The smallest absolute Gasteiger partial charge is 0.406 e. The Bertz CT molecular complexity index is 1680. The molecule has 5 aromatic rings. The van der Waals surface area contributed by atoms with Gasteiger partial charge in [0.05, 0.1) is 11.2 Å². The van der Waals surface area contributed by atoms with Crippen LogP contribution < -0.4 is 15.4 Å². The van der Waals surface area contributed by atoms with Gasteiger partial charge in [-0.15, -0.1) is 23.4 Å². The number of ether oxygens (including phenoxy) is 1. The lowest BCUT2D eigenvalue weighted by Gasteiger charge is -2.11. The van der Waals surface area contributed by atoms with E-state index in [4.69, 9.17) is 11.6 Å². The highest BCUT2D eigenvalue weighted by Crippen LogP contribution is 2.30. The maximum Gasteiger partial charge on any atom is 0.573 e. The van der Waals surface area contributed by atoms with Crippen molar-refractivity contribution in [3.05, 3.63) is 83.0 Å². The Kier molecular flexibility index (Phi) is 6.66. The van der Waals surface area contributed by atoms with Crippen molar-refractivity contribution < 1.29 is 27.5 Å². The molecule has 3 aromatic carbocycles. The molecule has 3 N–H and O–H groups in total. The van der Waals surface area contributed by atoms with E-state index in [-0.39, 0.29) is 11.4 Å². The van der Waals surface area contributed by atoms with E-state index in [9.17, 15) is 22.8 Å². The second-order valence-electron chi connectivity index (χ2n) is 8.27. The van der Waals surface area contributed by atoms with E-state index in [0.29, 0.717) is 33.2 Å². The SMILES string of the molecule is Cn1c(C(=O)Nc2ccc(Cl)cc2-c2nn[nH]n2)cc2ccc(NC(=O)c3ccc(OC(F)(F)F)cc3)cc21. The molecule has 0 bridgehead atoms. The topological polar surface area (TPSA) is 127 Å². The van der Waals surface area contributed by atoms with Gasteiger partial charge in [-0.2, -0.15) is 5.21 Å². The van der Waals surface area contributed by atoms with E-state index in [1.54, 1.807) is 54.1 Å². The number of rotatable bonds is 6. The third-order valence-electron chi connectivity index (χ3n) is 5.70. The molecule has 0 aliphatic carbocycles. The number of carbonyl (C=O) groups is 2. The predicted molar refractivity (Wildman–Crippen MR) is 137 cm³/mol. The van der Waals surface area contributed by atoms with Gasteiger partial charge in [0.15, 0.2) is 0 Å². The summed E-state index contributed by atoms with van der Waals surface area (Å²) >= 11 is 6.11. The maximum absolute atomic E-state index is 13.2. The van der Waals surface area contributed by atoms with Gasteiger partial charge in [0.25, 0.3) is 11.8 Å². The molecule has 0 aliphatic rings. The Morgan fingerprint density at radius 1 is 0.974 bits per heavy atom.